The van der Waals surface area contributed by atoms with E-state index in [2.05, 4.69) is 27.6 Å². The van der Waals surface area contributed by atoms with E-state index in [9.17, 15) is 4.79 Å². The number of carboxylic acid groups (broad SMARTS) is 1. The Balaban J connectivity index is 1.92. The fourth-order valence-corrected chi connectivity index (χ4v) is 3.19. The van der Waals surface area contributed by atoms with Crippen LogP contribution in [-0.2, 0) is 4.79 Å². The van der Waals surface area contributed by atoms with Gasteiger partial charge in [0.1, 0.15) is 12.1 Å². The van der Waals surface area contributed by atoms with Gasteiger partial charge in [0.05, 0.1) is 16.1 Å². The second kappa shape index (κ2) is 6.85. The Morgan fingerprint density at radius 1 is 1.38 bits per heavy atom. The molecule has 114 valence electrons. The van der Waals surface area contributed by atoms with Crippen LogP contribution in [0.1, 0.15) is 38.7 Å². The summed E-state index contributed by atoms with van der Waals surface area (Å²) >= 11 is 1.65. The van der Waals surface area contributed by atoms with Gasteiger partial charge >= 0.3 is 5.97 Å². The summed E-state index contributed by atoms with van der Waals surface area (Å²) in [5.74, 6) is -0.123. The third kappa shape index (κ3) is 3.91. The number of thiophene rings is 1. The Labute approximate surface area is 128 Å². The zero-order valence-corrected chi connectivity index (χ0v) is 13.4. The molecule has 2 aromatic rings. The number of aromatic nitrogens is 2. The molecule has 2 N–H and O–H groups in total. The molecule has 0 saturated carbocycles. The van der Waals surface area contributed by atoms with Crippen LogP contribution in [0.5, 0.6) is 0 Å². The van der Waals surface area contributed by atoms with Crippen LogP contribution in [0.15, 0.2) is 11.7 Å². The first-order valence-corrected chi connectivity index (χ1v) is 8.05. The minimum absolute atomic E-state index is 0.256. The molecule has 2 unspecified atom stereocenters. The number of rotatable bonds is 7. The number of aryl methyl sites for hydroxylation is 1. The Morgan fingerprint density at radius 2 is 2.14 bits per heavy atom. The van der Waals surface area contributed by atoms with E-state index < -0.39 is 5.97 Å². The third-order valence-corrected chi connectivity index (χ3v) is 4.70. The maximum Gasteiger partial charge on any atom is 0.306 e. The minimum atomic E-state index is -0.720. The van der Waals surface area contributed by atoms with Gasteiger partial charge in [-0.2, -0.15) is 0 Å². The van der Waals surface area contributed by atoms with Gasteiger partial charge in [0.25, 0.3) is 0 Å². The first kappa shape index (κ1) is 15.7. The molecule has 2 heterocycles. The van der Waals surface area contributed by atoms with Crippen LogP contribution in [0.3, 0.4) is 0 Å². The molecule has 0 bridgehead atoms. The van der Waals surface area contributed by atoms with Crippen LogP contribution >= 0.6 is 11.3 Å². The van der Waals surface area contributed by atoms with Crippen LogP contribution in [0, 0.1) is 12.8 Å². The summed E-state index contributed by atoms with van der Waals surface area (Å²) in [5, 5.41) is 14.4. The van der Waals surface area contributed by atoms with Crippen molar-refractivity contribution in [2.24, 2.45) is 5.92 Å². The van der Waals surface area contributed by atoms with Gasteiger partial charge in [0.15, 0.2) is 0 Å². The Bertz CT molecular complexity index is 626. The van der Waals surface area contributed by atoms with Gasteiger partial charge in [-0.05, 0) is 37.6 Å². The maximum atomic E-state index is 10.8. The van der Waals surface area contributed by atoms with E-state index >= 15 is 0 Å². The lowest BCUT2D eigenvalue weighted by Crippen LogP contribution is -2.17. The summed E-state index contributed by atoms with van der Waals surface area (Å²) in [6, 6.07) is 0.256. The van der Waals surface area contributed by atoms with Gasteiger partial charge in [-0.15, -0.1) is 11.3 Å². The molecule has 0 fully saturated rings. The van der Waals surface area contributed by atoms with Crippen molar-refractivity contribution in [3.05, 3.63) is 17.3 Å². The number of anilines is 1. The van der Waals surface area contributed by atoms with Crippen LogP contribution in [0.2, 0.25) is 0 Å². The molecule has 0 aliphatic rings. The summed E-state index contributed by atoms with van der Waals surface area (Å²) < 4.78 is 1.08. The number of carboxylic acids is 1. The largest absolute Gasteiger partial charge is 0.481 e. The molecule has 0 aromatic carbocycles. The lowest BCUT2D eigenvalue weighted by atomic mass is 10.0. The second-order valence-electron chi connectivity index (χ2n) is 5.53. The molecule has 0 spiro atoms. The number of fused-ring (bicyclic) bond motifs is 1. The second-order valence-corrected chi connectivity index (χ2v) is 6.41. The predicted octanol–water partition coefficient (Wildman–Crippen LogP) is 3.69. The van der Waals surface area contributed by atoms with Gasteiger partial charge < -0.3 is 10.4 Å². The monoisotopic (exact) mass is 307 g/mol. The predicted molar refractivity (Wildman–Crippen MR) is 85.9 cm³/mol. The lowest BCUT2D eigenvalue weighted by molar-refractivity contribution is -0.141. The van der Waals surface area contributed by atoms with Gasteiger partial charge in [-0.25, -0.2) is 9.97 Å². The number of carbonyl (C=O) groups is 1. The molecule has 0 aliphatic heterocycles. The number of aliphatic carboxylic acids is 1. The smallest absolute Gasteiger partial charge is 0.306 e. The fourth-order valence-electron chi connectivity index (χ4n) is 2.23. The normalized spacial score (nSPS) is 14.0. The highest BCUT2D eigenvalue weighted by Gasteiger charge is 2.13. The van der Waals surface area contributed by atoms with E-state index in [1.165, 1.54) is 5.56 Å². The van der Waals surface area contributed by atoms with Crippen molar-refractivity contribution in [2.45, 2.75) is 46.1 Å². The van der Waals surface area contributed by atoms with Gasteiger partial charge in [-0.1, -0.05) is 13.3 Å². The molecular weight excluding hydrogens is 286 g/mol. The van der Waals surface area contributed by atoms with Crippen molar-refractivity contribution in [1.82, 2.24) is 9.97 Å². The maximum absolute atomic E-state index is 10.8. The molecule has 0 aliphatic carbocycles. The highest BCUT2D eigenvalue weighted by Crippen LogP contribution is 2.29. The zero-order chi connectivity index (χ0) is 15.4. The van der Waals surface area contributed by atoms with Gasteiger partial charge in [0, 0.05) is 6.04 Å². The summed E-state index contributed by atoms with van der Waals surface area (Å²) in [5.41, 5.74) is 2.17. The van der Waals surface area contributed by atoms with Gasteiger partial charge in [-0.3, -0.25) is 4.79 Å². The van der Waals surface area contributed by atoms with Crippen molar-refractivity contribution in [2.75, 3.05) is 5.32 Å². The molecule has 5 nitrogen and oxygen atoms in total. The van der Waals surface area contributed by atoms with E-state index in [0.29, 0.717) is 6.42 Å². The first-order chi connectivity index (χ1) is 9.99. The number of nitrogens with one attached hydrogen (secondary N) is 1. The summed E-state index contributed by atoms with van der Waals surface area (Å²) in [6.45, 7) is 5.90. The zero-order valence-electron chi connectivity index (χ0n) is 12.6. The highest BCUT2D eigenvalue weighted by molar-refractivity contribution is 7.18. The standard InChI is InChI=1S/C15H21N3O2S/c1-9(15(19)20)5-4-6-11(3)18-14-13-12(16-8-17-14)10(2)7-21-13/h7-9,11H,4-6H2,1-3H3,(H,19,20)(H,16,17,18). The Hall–Kier alpha value is -1.69. The van der Waals surface area contributed by atoms with E-state index in [0.717, 1.165) is 28.9 Å². The molecular formula is C15H21N3O2S. The minimum Gasteiger partial charge on any atom is -0.481 e. The van der Waals surface area contributed by atoms with Crippen LogP contribution in [-0.4, -0.2) is 27.1 Å². The topological polar surface area (TPSA) is 75.1 Å². The first-order valence-electron chi connectivity index (χ1n) is 7.17. The number of hydrogen-bond acceptors (Lipinski definition) is 5. The Kier molecular flexibility index (Phi) is 5.12. The average molecular weight is 307 g/mol. The molecule has 2 aromatic heterocycles. The molecule has 0 saturated heterocycles. The molecule has 0 radical (unpaired) electrons. The molecule has 21 heavy (non-hydrogen) atoms. The number of nitrogens with zero attached hydrogens (tertiary/aromatic N) is 2. The Morgan fingerprint density at radius 3 is 2.86 bits per heavy atom. The van der Waals surface area contributed by atoms with E-state index in [4.69, 9.17) is 5.11 Å². The van der Waals surface area contributed by atoms with Crippen molar-refractivity contribution >= 4 is 33.3 Å². The average Bonchev–Trinajstić information content (AvgIpc) is 2.81. The molecule has 0 amide bonds. The molecule has 2 rings (SSSR count). The quantitative estimate of drug-likeness (QED) is 0.816. The highest BCUT2D eigenvalue weighted by atomic mass is 32.1. The summed E-state index contributed by atoms with van der Waals surface area (Å²) in [6.07, 6.45) is 4.11. The van der Waals surface area contributed by atoms with Gasteiger partial charge in [0.2, 0.25) is 0 Å². The summed E-state index contributed by atoms with van der Waals surface area (Å²) in [4.78, 5) is 19.4. The number of hydrogen-bond donors (Lipinski definition) is 2. The van der Waals surface area contributed by atoms with Crippen molar-refractivity contribution in [1.29, 1.82) is 0 Å². The van der Waals surface area contributed by atoms with Crippen molar-refractivity contribution < 1.29 is 9.90 Å². The molecule has 2 atom stereocenters. The summed E-state index contributed by atoms with van der Waals surface area (Å²) in [7, 11) is 0. The van der Waals surface area contributed by atoms with E-state index in [1.807, 2.05) is 6.92 Å². The fraction of sp³-hybridized carbons (Fsp3) is 0.533. The SMILES string of the molecule is Cc1csc2c(NC(C)CCCC(C)C(=O)O)ncnc12. The van der Waals surface area contributed by atoms with E-state index in [1.54, 1.807) is 24.6 Å². The van der Waals surface area contributed by atoms with Crippen molar-refractivity contribution in [3.63, 3.8) is 0 Å². The third-order valence-electron chi connectivity index (χ3n) is 3.61. The van der Waals surface area contributed by atoms with Crippen LogP contribution < -0.4 is 5.32 Å². The van der Waals surface area contributed by atoms with Crippen LogP contribution in [0.25, 0.3) is 10.2 Å². The molecule has 6 heteroatoms. The van der Waals surface area contributed by atoms with Crippen LogP contribution in [0.4, 0.5) is 5.82 Å². The van der Waals surface area contributed by atoms with E-state index in [-0.39, 0.29) is 12.0 Å². The van der Waals surface area contributed by atoms with Crippen molar-refractivity contribution in [3.8, 4) is 0 Å². The lowest BCUT2D eigenvalue weighted by Gasteiger charge is -2.15.